The molecule has 1 heterocycles. The van der Waals surface area contributed by atoms with Crippen molar-refractivity contribution in [2.75, 3.05) is 25.9 Å². The Kier molecular flexibility index (Phi) is 6.04. The molecule has 1 rings (SSSR count). The van der Waals surface area contributed by atoms with Crippen LogP contribution in [0.4, 0.5) is 0 Å². The predicted molar refractivity (Wildman–Crippen MR) is 70.5 cm³/mol. The minimum absolute atomic E-state index is 0.0810. The summed E-state index contributed by atoms with van der Waals surface area (Å²) in [5.41, 5.74) is 5.36. The molecule has 1 amide bonds. The molecular formula is C11H23N3O3S. The van der Waals surface area contributed by atoms with E-state index in [1.807, 2.05) is 0 Å². The van der Waals surface area contributed by atoms with Crippen LogP contribution < -0.4 is 11.1 Å². The van der Waals surface area contributed by atoms with Crippen LogP contribution >= 0.6 is 0 Å². The number of rotatable bonds is 6. The highest BCUT2D eigenvalue weighted by Gasteiger charge is 2.35. The van der Waals surface area contributed by atoms with Crippen molar-refractivity contribution in [3.63, 3.8) is 0 Å². The molecule has 0 bridgehead atoms. The quantitative estimate of drug-likeness (QED) is 0.649. The van der Waals surface area contributed by atoms with Gasteiger partial charge in [-0.25, -0.2) is 8.42 Å². The van der Waals surface area contributed by atoms with E-state index >= 15 is 0 Å². The largest absolute Gasteiger partial charge is 0.358 e. The molecule has 18 heavy (non-hydrogen) atoms. The van der Waals surface area contributed by atoms with E-state index in [1.54, 1.807) is 0 Å². The van der Waals surface area contributed by atoms with Crippen molar-refractivity contribution < 1.29 is 13.2 Å². The van der Waals surface area contributed by atoms with E-state index in [1.165, 1.54) is 11.4 Å². The van der Waals surface area contributed by atoms with Crippen LogP contribution in [-0.4, -0.2) is 50.6 Å². The van der Waals surface area contributed by atoms with Crippen molar-refractivity contribution in [1.82, 2.24) is 9.62 Å². The van der Waals surface area contributed by atoms with E-state index in [-0.39, 0.29) is 11.7 Å². The van der Waals surface area contributed by atoms with Crippen molar-refractivity contribution in [1.29, 1.82) is 0 Å². The monoisotopic (exact) mass is 277 g/mol. The topological polar surface area (TPSA) is 92.5 Å². The van der Waals surface area contributed by atoms with Crippen molar-refractivity contribution in [3.05, 3.63) is 0 Å². The van der Waals surface area contributed by atoms with E-state index in [0.29, 0.717) is 32.4 Å². The zero-order valence-electron chi connectivity index (χ0n) is 10.9. The van der Waals surface area contributed by atoms with Gasteiger partial charge in [0.25, 0.3) is 0 Å². The van der Waals surface area contributed by atoms with Crippen molar-refractivity contribution in [2.45, 2.75) is 38.1 Å². The Morgan fingerprint density at radius 3 is 2.72 bits per heavy atom. The van der Waals surface area contributed by atoms with Gasteiger partial charge in [0.15, 0.2) is 0 Å². The highest BCUT2D eigenvalue weighted by Crippen LogP contribution is 2.21. The second-order valence-electron chi connectivity index (χ2n) is 4.55. The fourth-order valence-electron chi connectivity index (χ4n) is 2.21. The summed E-state index contributed by atoms with van der Waals surface area (Å²) in [7, 11) is -1.81. The normalized spacial score (nSPS) is 21.8. The van der Waals surface area contributed by atoms with Gasteiger partial charge in [0.2, 0.25) is 15.9 Å². The molecule has 1 aliphatic rings. The maximum Gasteiger partial charge on any atom is 0.238 e. The summed E-state index contributed by atoms with van der Waals surface area (Å²) in [5, 5.41) is 2.54. The lowest BCUT2D eigenvalue weighted by atomic mass is 10.0. The zero-order chi connectivity index (χ0) is 13.6. The Morgan fingerprint density at radius 2 is 2.11 bits per heavy atom. The second-order valence-corrected chi connectivity index (χ2v) is 6.59. The van der Waals surface area contributed by atoms with E-state index in [2.05, 4.69) is 5.32 Å². The number of hydrogen-bond acceptors (Lipinski definition) is 4. The molecule has 0 radical (unpaired) electrons. The van der Waals surface area contributed by atoms with E-state index < -0.39 is 16.1 Å². The molecule has 1 unspecified atom stereocenters. The average molecular weight is 277 g/mol. The number of nitrogens with zero attached hydrogens (tertiary/aromatic N) is 1. The molecule has 7 heteroatoms. The Morgan fingerprint density at radius 1 is 1.39 bits per heavy atom. The molecule has 1 fully saturated rings. The maximum absolute atomic E-state index is 12.2. The Bertz CT molecular complexity index is 370. The summed E-state index contributed by atoms with van der Waals surface area (Å²) in [6, 6.07) is -0.536. The minimum atomic E-state index is -3.34. The molecular weight excluding hydrogens is 254 g/mol. The van der Waals surface area contributed by atoms with Gasteiger partial charge in [0.1, 0.15) is 6.04 Å². The number of amides is 1. The molecule has 106 valence electrons. The maximum atomic E-state index is 12.2. The number of unbranched alkanes of at least 4 members (excludes halogenated alkanes) is 1. The lowest BCUT2D eigenvalue weighted by molar-refractivity contribution is -0.125. The van der Waals surface area contributed by atoms with E-state index in [0.717, 1.165) is 12.8 Å². The Balaban J connectivity index is 2.73. The fraction of sp³-hybridized carbons (Fsp3) is 0.909. The number of sulfonamides is 1. The van der Waals surface area contributed by atoms with Crippen LogP contribution in [0.3, 0.4) is 0 Å². The molecule has 0 aliphatic carbocycles. The van der Waals surface area contributed by atoms with Crippen LogP contribution in [0.1, 0.15) is 32.1 Å². The first-order chi connectivity index (χ1) is 8.53. The van der Waals surface area contributed by atoms with Gasteiger partial charge in [-0.15, -0.1) is 0 Å². The van der Waals surface area contributed by atoms with Crippen molar-refractivity contribution >= 4 is 15.9 Å². The number of hydrogen-bond donors (Lipinski definition) is 2. The highest BCUT2D eigenvalue weighted by atomic mass is 32.2. The Labute approximate surface area is 109 Å². The van der Waals surface area contributed by atoms with Crippen LogP contribution in [0.15, 0.2) is 0 Å². The molecule has 0 aromatic carbocycles. The smallest absolute Gasteiger partial charge is 0.238 e. The number of nitrogens with one attached hydrogen (secondary N) is 1. The third-order valence-corrected chi connectivity index (χ3v) is 5.17. The SMILES string of the molecule is CNC(=O)C1CCCCN1S(=O)(=O)CCCCN. The number of nitrogens with two attached hydrogens (primary N) is 1. The van der Waals surface area contributed by atoms with Crippen LogP contribution in [-0.2, 0) is 14.8 Å². The van der Waals surface area contributed by atoms with Gasteiger partial charge in [-0.3, -0.25) is 4.79 Å². The fourth-order valence-corrected chi connectivity index (χ4v) is 4.01. The van der Waals surface area contributed by atoms with Crippen LogP contribution in [0.25, 0.3) is 0 Å². The molecule has 0 saturated carbocycles. The van der Waals surface area contributed by atoms with Crippen LogP contribution in [0.2, 0.25) is 0 Å². The first-order valence-electron chi connectivity index (χ1n) is 6.44. The minimum Gasteiger partial charge on any atom is -0.358 e. The predicted octanol–water partition coefficient (Wildman–Crippen LogP) is -0.344. The number of carbonyl (C=O) groups is 1. The molecule has 0 aromatic rings. The van der Waals surface area contributed by atoms with Crippen molar-refractivity contribution in [3.8, 4) is 0 Å². The first kappa shape index (κ1) is 15.4. The summed E-state index contributed by atoms with van der Waals surface area (Å²) in [6.07, 6.45) is 3.57. The number of carbonyl (C=O) groups excluding carboxylic acids is 1. The van der Waals surface area contributed by atoms with Gasteiger partial charge < -0.3 is 11.1 Å². The number of likely N-dealkylation sites (N-methyl/N-ethyl adjacent to an activating group) is 1. The molecule has 0 aromatic heterocycles. The van der Waals surface area contributed by atoms with Gasteiger partial charge in [0, 0.05) is 13.6 Å². The average Bonchev–Trinajstić information content (AvgIpc) is 2.38. The molecule has 1 atom stereocenters. The van der Waals surface area contributed by atoms with Crippen molar-refractivity contribution in [2.24, 2.45) is 5.73 Å². The second kappa shape index (κ2) is 7.06. The van der Waals surface area contributed by atoms with Gasteiger partial charge in [-0.2, -0.15) is 4.31 Å². The van der Waals surface area contributed by atoms with E-state index in [4.69, 9.17) is 5.73 Å². The van der Waals surface area contributed by atoms with Crippen LogP contribution in [0, 0.1) is 0 Å². The Hall–Kier alpha value is -0.660. The summed E-state index contributed by atoms with van der Waals surface area (Å²) >= 11 is 0. The summed E-state index contributed by atoms with van der Waals surface area (Å²) in [6.45, 7) is 0.942. The van der Waals surface area contributed by atoms with Gasteiger partial charge >= 0.3 is 0 Å². The highest BCUT2D eigenvalue weighted by molar-refractivity contribution is 7.89. The first-order valence-corrected chi connectivity index (χ1v) is 8.05. The lowest BCUT2D eigenvalue weighted by Gasteiger charge is -2.33. The van der Waals surface area contributed by atoms with Gasteiger partial charge in [0.05, 0.1) is 5.75 Å². The molecule has 3 N–H and O–H groups in total. The summed E-state index contributed by atoms with van der Waals surface area (Å²) < 4.78 is 25.8. The molecule has 0 spiro atoms. The molecule has 1 saturated heterocycles. The third-order valence-electron chi connectivity index (χ3n) is 3.22. The van der Waals surface area contributed by atoms with Crippen LogP contribution in [0.5, 0.6) is 0 Å². The zero-order valence-corrected chi connectivity index (χ0v) is 11.7. The van der Waals surface area contributed by atoms with Gasteiger partial charge in [-0.05, 0) is 32.2 Å². The summed E-state index contributed by atoms with van der Waals surface area (Å²) in [5.74, 6) is -0.130. The third kappa shape index (κ3) is 3.93. The lowest BCUT2D eigenvalue weighted by Crippen LogP contribution is -2.51. The molecule has 1 aliphatic heterocycles. The molecule has 6 nitrogen and oxygen atoms in total. The van der Waals surface area contributed by atoms with E-state index in [9.17, 15) is 13.2 Å². The standard InChI is InChI=1S/C11H23N3O3S/c1-13-11(15)10-6-2-4-8-14(10)18(16,17)9-5-3-7-12/h10H,2-9,12H2,1H3,(H,13,15). The summed E-state index contributed by atoms with van der Waals surface area (Å²) in [4.78, 5) is 11.7. The van der Waals surface area contributed by atoms with Gasteiger partial charge in [-0.1, -0.05) is 6.42 Å². The number of piperidine rings is 1.